The average molecular weight is 367 g/mol. The Morgan fingerprint density at radius 2 is 1.67 bits per heavy atom. The van der Waals surface area contributed by atoms with E-state index in [0.29, 0.717) is 18.9 Å². The maximum absolute atomic E-state index is 12.5. The van der Waals surface area contributed by atoms with Crippen LogP contribution >= 0.6 is 0 Å². The van der Waals surface area contributed by atoms with E-state index < -0.39 is 0 Å². The van der Waals surface area contributed by atoms with E-state index in [2.05, 4.69) is 10.1 Å². The normalized spacial score (nSPS) is 31.2. The number of esters is 1. The Morgan fingerprint density at radius 3 is 2.26 bits per heavy atom. The van der Waals surface area contributed by atoms with Gasteiger partial charge >= 0.3 is 5.97 Å². The first-order valence-electron chi connectivity index (χ1n) is 10.2. The van der Waals surface area contributed by atoms with Gasteiger partial charge in [-0.05, 0) is 78.9 Å². The van der Waals surface area contributed by atoms with Gasteiger partial charge in [-0.1, -0.05) is 24.3 Å². The van der Waals surface area contributed by atoms with E-state index in [0.717, 1.165) is 34.8 Å². The van der Waals surface area contributed by atoms with Crippen molar-refractivity contribution in [3.63, 3.8) is 0 Å². The fourth-order valence-electron chi connectivity index (χ4n) is 5.84. The van der Waals surface area contributed by atoms with Crippen molar-refractivity contribution >= 4 is 18.0 Å². The molecule has 144 valence electrons. The standard InChI is InChI=1S/C23H29NO3/c1-27-23(26)7-6-15-2-4-16(5-3-15)14-24-22(25)13-21-19-9-17-8-18(11-19)12-20(21)10-17/h2-7,17-21H,8-14H2,1H3,(H,24,25)/b7-6+. The molecular weight excluding hydrogens is 338 g/mol. The van der Waals surface area contributed by atoms with Gasteiger partial charge in [0.2, 0.25) is 5.91 Å². The molecular formula is C23H29NO3. The number of rotatable bonds is 6. The van der Waals surface area contributed by atoms with Crippen molar-refractivity contribution in [1.82, 2.24) is 5.32 Å². The van der Waals surface area contributed by atoms with Crippen molar-refractivity contribution in [1.29, 1.82) is 0 Å². The molecule has 0 aliphatic heterocycles. The van der Waals surface area contributed by atoms with E-state index in [1.807, 2.05) is 24.3 Å². The summed E-state index contributed by atoms with van der Waals surface area (Å²) in [4.78, 5) is 23.6. The number of amides is 1. The SMILES string of the molecule is COC(=O)/C=C/c1ccc(CNC(=O)CC2C3CC4CC(C3)CC2C4)cc1. The molecule has 4 aliphatic rings. The average Bonchev–Trinajstić information content (AvgIpc) is 2.67. The van der Waals surface area contributed by atoms with Gasteiger partial charge in [0.1, 0.15) is 0 Å². The van der Waals surface area contributed by atoms with Crippen LogP contribution in [0.1, 0.15) is 49.7 Å². The molecule has 27 heavy (non-hydrogen) atoms. The topological polar surface area (TPSA) is 55.4 Å². The van der Waals surface area contributed by atoms with Crippen molar-refractivity contribution < 1.29 is 14.3 Å². The van der Waals surface area contributed by atoms with E-state index in [4.69, 9.17) is 0 Å². The minimum atomic E-state index is -0.365. The number of methoxy groups -OCH3 is 1. The van der Waals surface area contributed by atoms with Crippen LogP contribution in [0.4, 0.5) is 0 Å². The Hall–Kier alpha value is -2.10. The smallest absolute Gasteiger partial charge is 0.330 e. The molecule has 1 aromatic rings. The van der Waals surface area contributed by atoms with Crippen molar-refractivity contribution in [3.8, 4) is 0 Å². The van der Waals surface area contributed by atoms with E-state index >= 15 is 0 Å². The molecule has 0 saturated heterocycles. The second-order valence-electron chi connectivity index (χ2n) is 8.67. The van der Waals surface area contributed by atoms with Crippen LogP contribution in [-0.2, 0) is 20.9 Å². The first-order chi connectivity index (χ1) is 13.1. The molecule has 0 radical (unpaired) electrons. The van der Waals surface area contributed by atoms with Gasteiger partial charge in [0, 0.05) is 19.0 Å². The van der Waals surface area contributed by atoms with Gasteiger partial charge in [0.25, 0.3) is 0 Å². The van der Waals surface area contributed by atoms with Crippen molar-refractivity contribution in [2.24, 2.45) is 29.6 Å². The van der Waals surface area contributed by atoms with Crippen molar-refractivity contribution in [2.75, 3.05) is 7.11 Å². The number of hydrogen-bond acceptors (Lipinski definition) is 3. The summed E-state index contributed by atoms with van der Waals surface area (Å²) in [5, 5.41) is 3.11. The highest BCUT2D eigenvalue weighted by Crippen LogP contribution is 2.57. The molecule has 0 heterocycles. The summed E-state index contributed by atoms with van der Waals surface area (Å²) < 4.78 is 4.59. The molecule has 0 aromatic heterocycles. The highest BCUT2D eigenvalue weighted by molar-refractivity contribution is 5.86. The number of benzene rings is 1. The molecule has 1 N–H and O–H groups in total. The van der Waals surface area contributed by atoms with Gasteiger partial charge in [0.05, 0.1) is 7.11 Å². The van der Waals surface area contributed by atoms with Crippen LogP contribution < -0.4 is 5.32 Å². The zero-order valence-electron chi connectivity index (χ0n) is 16.0. The van der Waals surface area contributed by atoms with Gasteiger partial charge in [0.15, 0.2) is 0 Å². The Labute approximate surface area is 161 Å². The number of ether oxygens (including phenoxy) is 1. The molecule has 5 rings (SSSR count). The number of nitrogens with one attached hydrogen (secondary N) is 1. The first-order valence-corrected chi connectivity index (χ1v) is 10.2. The fourth-order valence-corrected chi connectivity index (χ4v) is 5.84. The molecule has 4 saturated carbocycles. The summed E-state index contributed by atoms with van der Waals surface area (Å²) in [5.41, 5.74) is 2.01. The lowest BCUT2D eigenvalue weighted by atomic mass is 9.51. The predicted molar refractivity (Wildman–Crippen MR) is 104 cm³/mol. The highest BCUT2D eigenvalue weighted by Gasteiger charge is 2.48. The third kappa shape index (κ3) is 4.26. The molecule has 0 unspecified atom stereocenters. The van der Waals surface area contributed by atoms with E-state index in [-0.39, 0.29) is 11.9 Å². The predicted octanol–water partition coefficient (Wildman–Crippen LogP) is 3.95. The van der Waals surface area contributed by atoms with Gasteiger partial charge in [-0.25, -0.2) is 4.79 Å². The summed E-state index contributed by atoms with van der Waals surface area (Å²) in [6.07, 6.45) is 10.8. The fraction of sp³-hybridized carbons (Fsp3) is 0.565. The minimum absolute atomic E-state index is 0.196. The Kier molecular flexibility index (Phi) is 5.33. The quantitative estimate of drug-likeness (QED) is 0.612. The molecule has 4 fully saturated rings. The third-order valence-corrected chi connectivity index (χ3v) is 6.93. The van der Waals surface area contributed by atoms with Crippen LogP contribution in [0.2, 0.25) is 0 Å². The molecule has 4 aliphatic carbocycles. The van der Waals surface area contributed by atoms with Crippen LogP contribution in [0.3, 0.4) is 0 Å². The first kappa shape index (κ1) is 18.3. The van der Waals surface area contributed by atoms with E-state index in [1.165, 1.54) is 45.3 Å². The summed E-state index contributed by atoms with van der Waals surface area (Å²) in [7, 11) is 1.36. The molecule has 1 aromatic carbocycles. The number of carbonyl (C=O) groups is 2. The summed E-state index contributed by atoms with van der Waals surface area (Å²) in [6.45, 7) is 0.563. The number of carbonyl (C=O) groups excluding carboxylic acids is 2. The molecule has 4 bridgehead atoms. The lowest BCUT2D eigenvalue weighted by molar-refractivity contribution is -0.134. The molecule has 4 heteroatoms. The Balaban J connectivity index is 1.26. The van der Waals surface area contributed by atoms with Crippen LogP contribution in [0, 0.1) is 29.6 Å². The monoisotopic (exact) mass is 367 g/mol. The molecule has 4 nitrogen and oxygen atoms in total. The lowest BCUT2D eigenvalue weighted by Gasteiger charge is -2.54. The molecule has 1 amide bonds. The summed E-state index contributed by atoms with van der Waals surface area (Å²) in [6, 6.07) is 7.86. The van der Waals surface area contributed by atoms with Crippen LogP contribution in [0.25, 0.3) is 6.08 Å². The Morgan fingerprint density at radius 1 is 1.04 bits per heavy atom. The lowest BCUT2D eigenvalue weighted by Crippen LogP contribution is -2.46. The van der Waals surface area contributed by atoms with Gasteiger partial charge < -0.3 is 10.1 Å². The van der Waals surface area contributed by atoms with Gasteiger partial charge in [-0.15, -0.1) is 0 Å². The van der Waals surface area contributed by atoms with E-state index in [1.54, 1.807) is 6.08 Å². The molecule has 0 spiro atoms. The van der Waals surface area contributed by atoms with Gasteiger partial charge in [-0.2, -0.15) is 0 Å². The maximum atomic E-state index is 12.5. The molecule has 0 atom stereocenters. The van der Waals surface area contributed by atoms with Gasteiger partial charge in [-0.3, -0.25) is 4.79 Å². The van der Waals surface area contributed by atoms with Crippen LogP contribution in [0.5, 0.6) is 0 Å². The maximum Gasteiger partial charge on any atom is 0.330 e. The second kappa shape index (κ2) is 7.87. The third-order valence-electron chi connectivity index (χ3n) is 6.93. The Bertz CT molecular complexity index is 694. The second-order valence-corrected chi connectivity index (χ2v) is 8.67. The summed E-state index contributed by atoms with van der Waals surface area (Å²) in [5.74, 6) is 3.96. The van der Waals surface area contributed by atoms with Crippen molar-refractivity contribution in [3.05, 3.63) is 41.5 Å². The minimum Gasteiger partial charge on any atom is -0.466 e. The van der Waals surface area contributed by atoms with Crippen LogP contribution in [0.15, 0.2) is 30.3 Å². The number of hydrogen-bond donors (Lipinski definition) is 1. The summed E-state index contributed by atoms with van der Waals surface area (Å²) >= 11 is 0. The highest BCUT2D eigenvalue weighted by atomic mass is 16.5. The largest absolute Gasteiger partial charge is 0.466 e. The zero-order valence-corrected chi connectivity index (χ0v) is 16.0. The van der Waals surface area contributed by atoms with Crippen LogP contribution in [-0.4, -0.2) is 19.0 Å². The van der Waals surface area contributed by atoms with Crippen molar-refractivity contribution in [2.45, 2.75) is 45.1 Å². The van der Waals surface area contributed by atoms with E-state index in [9.17, 15) is 9.59 Å². The zero-order chi connectivity index (χ0) is 18.8.